The summed E-state index contributed by atoms with van der Waals surface area (Å²) in [5.41, 5.74) is 3.53. The van der Waals surface area contributed by atoms with E-state index in [1.807, 2.05) is 49.7 Å². The number of hydrogen-bond acceptors (Lipinski definition) is 5. The van der Waals surface area contributed by atoms with Crippen LogP contribution in [0, 0.1) is 11.3 Å². The zero-order valence-electron chi connectivity index (χ0n) is 22.3. The molecule has 1 saturated carbocycles. The fourth-order valence-corrected chi connectivity index (χ4v) is 6.28. The van der Waals surface area contributed by atoms with E-state index in [9.17, 15) is 18.5 Å². The Hall–Kier alpha value is -4.10. The molecular weight excluding hydrogens is 512 g/mol. The van der Waals surface area contributed by atoms with Gasteiger partial charge in [0, 0.05) is 49.0 Å². The summed E-state index contributed by atoms with van der Waals surface area (Å²) >= 11 is 0. The predicted molar refractivity (Wildman–Crippen MR) is 151 cm³/mol. The van der Waals surface area contributed by atoms with Crippen molar-refractivity contribution in [3.63, 3.8) is 0 Å². The molecule has 0 radical (unpaired) electrons. The van der Waals surface area contributed by atoms with Gasteiger partial charge in [0.05, 0.1) is 27.4 Å². The minimum absolute atomic E-state index is 0.0177. The van der Waals surface area contributed by atoms with Gasteiger partial charge >= 0.3 is 6.03 Å². The number of nitriles is 1. The Morgan fingerprint density at radius 2 is 1.92 bits per heavy atom. The summed E-state index contributed by atoms with van der Waals surface area (Å²) in [4.78, 5) is 16.6. The van der Waals surface area contributed by atoms with Crippen LogP contribution in [0.3, 0.4) is 0 Å². The number of imidazole rings is 1. The third kappa shape index (κ3) is 5.27. The molecule has 202 valence electrons. The van der Waals surface area contributed by atoms with Crippen molar-refractivity contribution < 1.29 is 13.2 Å². The molecule has 10 heteroatoms. The average molecular weight is 545 g/mol. The molecular formula is C29H32N6O3S. The van der Waals surface area contributed by atoms with Crippen molar-refractivity contribution in [1.29, 1.82) is 5.26 Å². The van der Waals surface area contributed by atoms with Gasteiger partial charge in [0.1, 0.15) is 11.9 Å². The molecule has 0 spiro atoms. The maximum absolute atomic E-state index is 13.3. The number of urea groups is 1. The third-order valence-corrected chi connectivity index (χ3v) is 8.95. The standard InChI is InChI=1S/C29H32N6O3S/c1-19(2)32-29(36)33-21-9-7-20(8-10-21)28-25(18-30)24-12-11-23(17-26(24)35(28)22-5-4-6-22)39(37,38)16-13-27-31-14-15-34(27)3/h7-12,14-15,17,19,22H,4-6,13,16H2,1-3H3,(H2,32,33,36). The largest absolute Gasteiger partial charge is 0.338 e. The van der Waals surface area contributed by atoms with Gasteiger partial charge in [-0.25, -0.2) is 18.2 Å². The van der Waals surface area contributed by atoms with Crippen LogP contribution in [0.15, 0.2) is 59.8 Å². The van der Waals surface area contributed by atoms with Gasteiger partial charge in [0.25, 0.3) is 0 Å². The normalized spacial score (nSPS) is 13.8. The summed E-state index contributed by atoms with van der Waals surface area (Å²) in [6.45, 7) is 3.78. The van der Waals surface area contributed by atoms with Crippen LogP contribution < -0.4 is 10.6 Å². The van der Waals surface area contributed by atoms with Gasteiger partial charge in [-0.3, -0.25) is 0 Å². The molecule has 2 aromatic heterocycles. The van der Waals surface area contributed by atoms with Crippen LogP contribution in [-0.4, -0.2) is 40.4 Å². The number of amides is 2. The molecule has 1 aliphatic rings. The second-order valence-corrected chi connectivity index (χ2v) is 12.4. The summed E-state index contributed by atoms with van der Waals surface area (Å²) in [5, 5.41) is 16.6. The fourth-order valence-electron chi connectivity index (χ4n) is 5.03. The zero-order valence-corrected chi connectivity index (χ0v) is 23.1. The van der Waals surface area contributed by atoms with Crippen LogP contribution in [-0.2, 0) is 23.3 Å². The number of sulfone groups is 1. The van der Waals surface area contributed by atoms with Crippen molar-refractivity contribution in [3.05, 3.63) is 66.2 Å². The first-order valence-electron chi connectivity index (χ1n) is 13.1. The molecule has 39 heavy (non-hydrogen) atoms. The van der Waals surface area contributed by atoms with Crippen LogP contribution in [0.2, 0.25) is 0 Å². The highest BCUT2D eigenvalue weighted by Crippen LogP contribution is 2.43. The van der Waals surface area contributed by atoms with Crippen molar-refractivity contribution in [2.24, 2.45) is 7.05 Å². The molecule has 2 N–H and O–H groups in total. The van der Waals surface area contributed by atoms with Gasteiger partial charge in [-0.1, -0.05) is 18.2 Å². The van der Waals surface area contributed by atoms with Gasteiger partial charge in [-0.2, -0.15) is 5.26 Å². The number of benzene rings is 2. The molecule has 1 fully saturated rings. The number of anilines is 1. The minimum Gasteiger partial charge on any atom is -0.338 e. The topological polar surface area (TPSA) is 122 Å². The van der Waals surface area contributed by atoms with Crippen LogP contribution in [0.5, 0.6) is 0 Å². The number of hydrogen-bond donors (Lipinski definition) is 2. The Kier molecular flexibility index (Phi) is 7.19. The lowest BCUT2D eigenvalue weighted by Gasteiger charge is -2.30. The van der Waals surface area contributed by atoms with Crippen LogP contribution >= 0.6 is 0 Å². The Morgan fingerprint density at radius 3 is 2.51 bits per heavy atom. The molecule has 2 heterocycles. The monoisotopic (exact) mass is 544 g/mol. The van der Waals surface area contributed by atoms with E-state index >= 15 is 0 Å². The molecule has 0 aliphatic heterocycles. The second-order valence-electron chi connectivity index (χ2n) is 10.3. The highest BCUT2D eigenvalue weighted by molar-refractivity contribution is 7.91. The molecule has 0 saturated heterocycles. The number of fused-ring (bicyclic) bond motifs is 1. The first-order chi connectivity index (χ1) is 18.7. The van der Waals surface area contributed by atoms with Crippen molar-refractivity contribution in [2.45, 2.75) is 56.5 Å². The number of carbonyl (C=O) groups excluding carboxylic acids is 1. The summed E-state index contributed by atoms with van der Waals surface area (Å²) in [7, 11) is -1.72. The maximum Gasteiger partial charge on any atom is 0.319 e. The Bertz CT molecular complexity index is 1670. The Balaban J connectivity index is 1.53. The third-order valence-electron chi connectivity index (χ3n) is 7.24. The number of aryl methyl sites for hydroxylation is 2. The first kappa shape index (κ1) is 26.5. The summed E-state index contributed by atoms with van der Waals surface area (Å²) in [5.74, 6) is 0.663. The van der Waals surface area contributed by atoms with E-state index in [1.165, 1.54) is 0 Å². The summed E-state index contributed by atoms with van der Waals surface area (Å²) < 4.78 is 30.6. The molecule has 0 atom stereocenters. The molecule has 4 aromatic rings. The summed E-state index contributed by atoms with van der Waals surface area (Å²) in [6.07, 6.45) is 6.79. The van der Waals surface area contributed by atoms with Crippen molar-refractivity contribution >= 4 is 32.5 Å². The number of aromatic nitrogens is 3. The molecule has 5 rings (SSSR count). The molecule has 2 amide bonds. The number of nitrogens with zero attached hydrogens (tertiary/aromatic N) is 4. The van der Waals surface area contributed by atoms with E-state index < -0.39 is 9.84 Å². The fraction of sp³-hybridized carbons (Fsp3) is 0.345. The summed E-state index contributed by atoms with van der Waals surface area (Å²) in [6, 6.07) is 14.8. The molecule has 0 bridgehead atoms. The lowest BCUT2D eigenvalue weighted by Crippen LogP contribution is -2.34. The average Bonchev–Trinajstić information content (AvgIpc) is 3.42. The Morgan fingerprint density at radius 1 is 1.18 bits per heavy atom. The molecule has 9 nitrogen and oxygen atoms in total. The SMILES string of the molecule is CC(C)NC(=O)Nc1ccc(-c2c(C#N)c3ccc(S(=O)(=O)CCc4nccn4C)cc3n2C2CCC2)cc1. The number of nitrogens with one attached hydrogen (secondary N) is 2. The van der Waals surface area contributed by atoms with Crippen LogP contribution in [0.1, 0.15) is 50.5 Å². The molecule has 1 aliphatic carbocycles. The van der Waals surface area contributed by atoms with Crippen LogP contribution in [0.25, 0.3) is 22.2 Å². The van der Waals surface area contributed by atoms with Gasteiger partial charge in [-0.15, -0.1) is 0 Å². The zero-order chi connectivity index (χ0) is 27.7. The smallest absolute Gasteiger partial charge is 0.319 e. The highest BCUT2D eigenvalue weighted by Gasteiger charge is 2.29. The van der Waals surface area contributed by atoms with Gasteiger partial charge < -0.3 is 19.8 Å². The number of carbonyl (C=O) groups is 1. The lowest BCUT2D eigenvalue weighted by atomic mass is 9.92. The van der Waals surface area contributed by atoms with E-state index in [0.717, 1.165) is 41.4 Å². The van der Waals surface area contributed by atoms with Crippen molar-refractivity contribution in [2.75, 3.05) is 11.1 Å². The quantitative estimate of drug-likeness (QED) is 0.316. The van der Waals surface area contributed by atoms with E-state index in [-0.39, 0.29) is 28.8 Å². The minimum atomic E-state index is -3.57. The van der Waals surface area contributed by atoms with Gasteiger partial charge in [0.15, 0.2) is 9.84 Å². The van der Waals surface area contributed by atoms with E-state index in [2.05, 4.69) is 26.3 Å². The van der Waals surface area contributed by atoms with E-state index in [4.69, 9.17) is 0 Å². The maximum atomic E-state index is 13.3. The highest BCUT2D eigenvalue weighted by atomic mass is 32.2. The van der Waals surface area contributed by atoms with Crippen molar-refractivity contribution in [1.82, 2.24) is 19.4 Å². The van der Waals surface area contributed by atoms with Gasteiger partial charge in [0.2, 0.25) is 0 Å². The predicted octanol–water partition coefficient (Wildman–Crippen LogP) is 5.18. The lowest BCUT2D eigenvalue weighted by molar-refractivity contribution is 0.250. The number of rotatable bonds is 8. The second kappa shape index (κ2) is 10.6. The van der Waals surface area contributed by atoms with Crippen LogP contribution in [0.4, 0.5) is 10.5 Å². The first-order valence-corrected chi connectivity index (χ1v) is 14.8. The molecule has 2 aromatic carbocycles. The molecule has 0 unspecified atom stereocenters. The van der Waals surface area contributed by atoms with Crippen molar-refractivity contribution in [3.8, 4) is 17.3 Å². The van der Waals surface area contributed by atoms with E-state index in [0.29, 0.717) is 23.5 Å². The Labute approximate surface area is 228 Å². The van der Waals surface area contributed by atoms with E-state index in [1.54, 1.807) is 30.6 Å². The van der Waals surface area contributed by atoms with Gasteiger partial charge in [-0.05, 0) is 62.9 Å².